The van der Waals surface area contributed by atoms with E-state index in [0.29, 0.717) is 22.3 Å². The highest BCUT2D eigenvalue weighted by Crippen LogP contribution is 2.47. The minimum atomic E-state index is -1.14. The lowest BCUT2D eigenvalue weighted by molar-refractivity contribution is 0.0692. The van der Waals surface area contributed by atoms with Gasteiger partial charge in [0.2, 0.25) is 11.7 Å². The van der Waals surface area contributed by atoms with E-state index in [1.807, 2.05) is 14.1 Å². The van der Waals surface area contributed by atoms with Crippen molar-refractivity contribution in [2.24, 2.45) is 0 Å². The van der Waals surface area contributed by atoms with Crippen LogP contribution in [0.15, 0.2) is 6.07 Å². The third-order valence-corrected chi connectivity index (χ3v) is 3.82. The Kier molecular flexibility index (Phi) is 4.89. The molecule has 0 unspecified atom stereocenters. The number of methoxy groups -OCH3 is 3. The van der Waals surface area contributed by atoms with Crippen LogP contribution >= 0.6 is 11.5 Å². The first-order valence-corrected chi connectivity index (χ1v) is 7.29. The Morgan fingerprint density at radius 2 is 1.74 bits per heavy atom. The van der Waals surface area contributed by atoms with Gasteiger partial charge in [-0.3, -0.25) is 0 Å². The van der Waals surface area contributed by atoms with Gasteiger partial charge in [-0.2, -0.15) is 9.36 Å². The van der Waals surface area contributed by atoms with Gasteiger partial charge in [-0.15, -0.1) is 0 Å². The van der Waals surface area contributed by atoms with Crippen LogP contribution in [0, 0.1) is 0 Å². The van der Waals surface area contributed by atoms with Gasteiger partial charge in [0.15, 0.2) is 11.5 Å². The molecule has 8 nitrogen and oxygen atoms in total. The summed E-state index contributed by atoms with van der Waals surface area (Å²) in [4.78, 5) is 17.7. The average Bonchev–Trinajstić information content (AvgIpc) is 3.02. The molecule has 0 radical (unpaired) electrons. The predicted molar refractivity (Wildman–Crippen MR) is 86.3 cm³/mol. The molecule has 0 aliphatic rings. The van der Waals surface area contributed by atoms with Gasteiger partial charge in [-0.05, 0) is 17.6 Å². The number of aromatic carboxylic acids is 1. The highest BCUT2D eigenvalue weighted by molar-refractivity contribution is 7.09. The molecule has 124 valence electrons. The smallest absolute Gasteiger partial charge is 0.339 e. The average molecular weight is 339 g/mol. The van der Waals surface area contributed by atoms with Crippen molar-refractivity contribution in [1.82, 2.24) is 9.36 Å². The number of carboxylic acid groups (broad SMARTS) is 1. The number of nitrogens with zero attached hydrogens (tertiary/aromatic N) is 3. The van der Waals surface area contributed by atoms with E-state index in [9.17, 15) is 9.90 Å². The zero-order chi connectivity index (χ0) is 17.1. The molecular formula is C14H17N3O5S. The van der Waals surface area contributed by atoms with Gasteiger partial charge < -0.3 is 24.2 Å². The maximum absolute atomic E-state index is 11.5. The second-order valence-corrected chi connectivity index (χ2v) is 5.42. The number of carbonyl (C=O) groups is 1. The Morgan fingerprint density at radius 3 is 2.17 bits per heavy atom. The molecule has 1 N–H and O–H groups in total. The van der Waals surface area contributed by atoms with Crippen LogP contribution in [0.4, 0.5) is 5.95 Å². The van der Waals surface area contributed by atoms with E-state index in [-0.39, 0.29) is 17.1 Å². The molecule has 0 atom stereocenters. The van der Waals surface area contributed by atoms with E-state index >= 15 is 0 Å². The molecule has 2 aromatic rings. The lowest BCUT2D eigenvalue weighted by Crippen LogP contribution is -2.10. The molecule has 1 heterocycles. The van der Waals surface area contributed by atoms with Crippen LogP contribution in [0.1, 0.15) is 10.4 Å². The number of carboxylic acids is 1. The van der Waals surface area contributed by atoms with Crippen LogP contribution in [-0.4, -0.2) is 55.9 Å². The van der Waals surface area contributed by atoms with Crippen LogP contribution in [0.25, 0.3) is 10.6 Å². The molecule has 0 saturated carbocycles. The summed E-state index contributed by atoms with van der Waals surface area (Å²) in [5.74, 6) is 0.0281. The van der Waals surface area contributed by atoms with E-state index < -0.39 is 5.97 Å². The Morgan fingerprint density at radius 1 is 1.13 bits per heavy atom. The van der Waals surface area contributed by atoms with Gasteiger partial charge in [0, 0.05) is 14.1 Å². The Balaban J connectivity index is 2.75. The van der Waals surface area contributed by atoms with Gasteiger partial charge in [0.1, 0.15) is 10.6 Å². The molecule has 0 saturated heterocycles. The van der Waals surface area contributed by atoms with Crippen molar-refractivity contribution in [2.75, 3.05) is 40.3 Å². The maximum atomic E-state index is 11.5. The van der Waals surface area contributed by atoms with Crippen LogP contribution in [0.2, 0.25) is 0 Å². The second-order valence-electron chi connectivity index (χ2n) is 4.67. The number of rotatable bonds is 6. The van der Waals surface area contributed by atoms with Gasteiger partial charge in [0.25, 0.3) is 0 Å². The predicted octanol–water partition coefficient (Wildman–Crippen LogP) is 2.00. The number of ether oxygens (including phenoxy) is 3. The van der Waals surface area contributed by atoms with E-state index in [0.717, 1.165) is 11.5 Å². The molecular weight excluding hydrogens is 322 g/mol. The number of anilines is 1. The topological polar surface area (TPSA) is 94.0 Å². The molecule has 0 amide bonds. The Labute approximate surface area is 137 Å². The minimum Gasteiger partial charge on any atom is -0.492 e. The molecule has 9 heteroatoms. The van der Waals surface area contributed by atoms with E-state index in [1.54, 1.807) is 4.90 Å². The van der Waals surface area contributed by atoms with Crippen LogP contribution in [0.5, 0.6) is 17.2 Å². The van der Waals surface area contributed by atoms with Crippen molar-refractivity contribution in [3.05, 3.63) is 11.6 Å². The van der Waals surface area contributed by atoms with E-state index in [4.69, 9.17) is 14.2 Å². The first-order chi connectivity index (χ1) is 10.9. The van der Waals surface area contributed by atoms with Gasteiger partial charge >= 0.3 is 5.97 Å². The summed E-state index contributed by atoms with van der Waals surface area (Å²) in [6, 6.07) is 1.45. The summed E-state index contributed by atoms with van der Waals surface area (Å²) >= 11 is 1.14. The number of hydrogen-bond acceptors (Lipinski definition) is 8. The molecule has 0 bridgehead atoms. The lowest BCUT2D eigenvalue weighted by atomic mass is 10.1. The zero-order valence-electron chi connectivity index (χ0n) is 13.4. The van der Waals surface area contributed by atoms with Gasteiger partial charge in [-0.25, -0.2) is 4.79 Å². The van der Waals surface area contributed by atoms with Gasteiger partial charge in [-0.1, -0.05) is 0 Å². The SMILES string of the molecule is COc1c(C(=O)O)cc(-c2nc(N(C)C)ns2)c(OC)c1OC. The summed E-state index contributed by atoms with van der Waals surface area (Å²) in [5.41, 5.74) is 0.440. The van der Waals surface area contributed by atoms with Crippen molar-refractivity contribution in [3.63, 3.8) is 0 Å². The molecule has 1 aromatic heterocycles. The normalized spacial score (nSPS) is 10.3. The number of benzene rings is 1. The van der Waals surface area contributed by atoms with Crippen molar-refractivity contribution in [1.29, 1.82) is 0 Å². The first kappa shape index (κ1) is 16.8. The minimum absolute atomic E-state index is 0.0400. The number of aromatic nitrogens is 2. The van der Waals surface area contributed by atoms with Crippen molar-refractivity contribution >= 4 is 23.5 Å². The summed E-state index contributed by atoms with van der Waals surface area (Å²) in [5, 5.41) is 9.95. The first-order valence-electron chi connectivity index (χ1n) is 6.52. The Hall–Kier alpha value is -2.55. The maximum Gasteiger partial charge on any atom is 0.339 e. The fourth-order valence-electron chi connectivity index (χ4n) is 2.04. The highest BCUT2D eigenvalue weighted by Gasteiger charge is 2.26. The molecule has 0 aliphatic carbocycles. The van der Waals surface area contributed by atoms with E-state index in [2.05, 4.69) is 9.36 Å². The number of hydrogen-bond donors (Lipinski definition) is 1. The molecule has 1 aromatic carbocycles. The summed E-state index contributed by atoms with van der Waals surface area (Å²) < 4.78 is 20.1. The quantitative estimate of drug-likeness (QED) is 0.854. The fourth-order valence-corrected chi connectivity index (χ4v) is 2.78. The van der Waals surface area contributed by atoms with Crippen molar-refractivity contribution in [3.8, 4) is 27.8 Å². The lowest BCUT2D eigenvalue weighted by Gasteiger charge is -2.16. The monoisotopic (exact) mass is 339 g/mol. The molecule has 0 spiro atoms. The van der Waals surface area contributed by atoms with Crippen LogP contribution < -0.4 is 19.1 Å². The summed E-state index contributed by atoms with van der Waals surface area (Å²) in [6.07, 6.45) is 0. The molecule has 0 fully saturated rings. The fraction of sp³-hybridized carbons (Fsp3) is 0.357. The van der Waals surface area contributed by atoms with Crippen molar-refractivity contribution in [2.45, 2.75) is 0 Å². The van der Waals surface area contributed by atoms with Gasteiger partial charge in [0.05, 0.1) is 26.9 Å². The molecule has 0 aliphatic heterocycles. The van der Waals surface area contributed by atoms with E-state index in [1.165, 1.54) is 27.4 Å². The van der Waals surface area contributed by atoms with Crippen LogP contribution in [0.3, 0.4) is 0 Å². The van der Waals surface area contributed by atoms with Crippen LogP contribution in [-0.2, 0) is 0 Å². The second kappa shape index (κ2) is 6.69. The van der Waals surface area contributed by atoms with Crippen molar-refractivity contribution < 1.29 is 24.1 Å². The highest BCUT2D eigenvalue weighted by atomic mass is 32.1. The largest absolute Gasteiger partial charge is 0.492 e. The third kappa shape index (κ3) is 3.00. The molecule has 2 rings (SSSR count). The standard InChI is InChI=1S/C14H17N3O5S/c1-17(2)14-15-12(23-16-14)7-6-8(13(18)19)10(21-4)11(22-5)9(7)20-3/h6H,1-5H3,(H,18,19). The summed E-state index contributed by atoms with van der Waals surface area (Å²) in [7, 11) is 7.90. The zero-order valence-corrected chi connectivity index (χ0v) is 14.2. The Bertz CT molecular complexity index is 729. The molecule has 23 heavy (non-hydrogen) atoms. The third-order valence-electron chi connectivity index (χ3n) is 3.08. The summed E-state index contributed by atoms with van der Waals surface area (Å²) in [6.45, 7) is 0.